The molecule has 0 aliphatic carbocycles. The predicted molar refractivity (Wildman–Crippen MR) is 119 cm³/mol. The summed E-state index contributed by atoms with van der Waals surface area (Å²) in [7, 11) is 1.60. The minimum absolute atomic E-state index is 0.158. The number of halogens is 1. The van der Waals surface area contributed by atoms with E-state index in [4.69, 9.17) is 17.0 Å². The molecule has 8 heteroatoms. The van der Waals surface area contributed by atoms with Gasteiger partial charge in [0.25, 0.3) is 11.8 Å². The summed E-state index contributed by atoms with van der Waals surface area (Å²) in [6.45, 7) is 0.629. The Morgan fingerprint density at radius 3 is 2.82 bits per heavy atom. The van der Waals surface area contributed by atoms with E-state index in [1.807, 2.05) is 30.3 Å². The molecule has 0 saturated carbocycles. The Kier molecular flexibility index (Phi) is 6.88. The molecule has 0 unspecified atom stereocenters. The fourth-order valence-electron chi connectivity index (χ4n) is 2.59. The lowest BCUT2D eigenvalue weighted by molar-refractivity contribution is -0.122. The van der Waals surface area contributed by atoms with Crippen LogP contribution in [0.15, 0.2) is 57.9 Å². The Morgan fingerprint density at radius 2 is 2.07 bits per heavy atom. The van der Waals surface area contributed by atoms with Crippen molar-refractivity contribution in [1.82, 2.24) is 10.2 Å². The maximum atomic E-state index is 12.7. The number of methoxy groups -OCH3 is 1. The second-order valence-corrected chi connectivity index (χ2v) is 8.47. The van der Waals surface area contributed by atoms with E-state index in [2.05, 4.69) is 21.2 Å². The zero-order valence-electron chi connectivity index (χ0n) is 15.0. The molecule has 3 rings (SSSR count). The summed E-state index contributed by atoms with van der Waals surface area (Å²) in [5.74, 6) is 0.368. The van der Waals surface area contributed by atoms with Gasteiger partial charge in [-0.2, -0.15) is 0 Å². The van der Waals surface area contributed by atoms with Crippen LogP contribution in [-0.4, -0.2) is 41.2 Å². The van der Waals surface area contributed by atoms with Gasteiger partial charge in [-0.1, -0.05) is 58.1 Å². The van der Waals surface area contributed by atoms with Crippen LogP contribution in [0.1, 0.15) is 15.9 Å². The second-order valence-electron chi connectivity index (χ2n) is 5.88. The molecule has 28 heavy (non-hydrogen) atoms. The van der Waals surface area contributed by atoms with Crippen molar-refractivity contribution in [2.45, 2.75) is 0 Å². The molecule has 2 aromatic carbocycles. The van der Waals surface area contributed by atoms with Crippen molar-refractivity contribution >= 4 is 62.1 Å². The molecular weight excluding hydrogens is 460 g/mol. The van der Waals surface area contributed by atoms with Crippen LogP contribution in [0, 0.1) is 0 Å². The van der Waals surface area contributed by atoms with E-state index in [1.165, 1.54) is 16.7 Å². The number of ether oxygens (including phenoxy) is 1. The Morgan fingerprint density at radius 1 is 1.29 bits per heavy atom. The molecule has 1 fully saturated rings. The van der Waals surface area contributed by atoms with Crippen LogP contribution >= 0.6 is 39.9 Å². The first-order valence-electron chi connectivity index (χ1n) is 8.41. The summed E-state index contributed by atoms with van der Waals surface area (Å²) < 4.78 is 6.52. The van der Waals surface area contributed by atoms with Crippen molar-refractivity contribution in [3.8, 4) is 5.75 Å². The van der Waals surface area contributed by atoms with Crippen LogP contribution in [-0.2, 0) is 4.79 Å². The predicted octanol–water partition coefficient (Wildman–Crippen LogP) is 4.09. The molecule has 1 heterocycles. The van der Waals surface area contributed by atoms with E-state index in [-0.39, 0.29) is 11.8 Å². The highest BCUT2D eigenvalue weighted by atomic mass is 79.9. The number of benzene rings is 2. The Balaban J connectivity index is 1.60. The van der Waals surface area contributed by atoms with Gasteiger partial charge in [-0.3, -0.25) is 14.5 Å². The Bertz CT molecular complexity index is 962. The van der Waals surface area contributed by atoms with Gasteiger partial charge in [0.2, 0.25) is 0 Å². The largest absolute Gasteiger partial charge is 0.497 e. The lowest BCUT2D eigenvalue weighted by atomic mass is 10.2. The molecule has 0 bridgehead atoms. The van der Waals surface area contributed by atoms with Crippen LogP contribution in [0.25, 0.3) is 6.08 Å². The topological polar surface area (TPSA) is 58.6 Å². The number of thioether (sulfide) groups is 1. The van der Waals surface area contributed by atoms with Gasteiger partial charge in [-0.25, -0.2) is 0 Å². The summed E-state index contributed by atoms with van der Waals surface area (Å²) in [5.41, 5.74) is 1.42. The number of nitrogens with zero attached hydrogens (tertiary/aromatic N) is 1. The first-order valence-corrected chi connectivity index (χ1v) is 10.4. The number of carbonyl (C=O) groups excluding carboxylic acids is 2. The molecular formula is C20H17BrN2O3S2. The Hall–Kier alpha value is -2.16. The summed E-state index contributed by atoms with van der Waals surface area (Å²) >= 11 is 9.93. The van der Waals surface area contributed by atoms with Crippen molar-refractivity contribution in [2.24, 2.45) is 0 Å². The molecule has 1 N–H and O–H groups in total. The van der Waals surface area contributed by atoms with E-state index < -0.39 is 0 Å². The minimum Gasteiger partial charge on any atom is -0.497 e. The van der Waals surface area contributed by atoms with Crippen molar-refractivity contribution in [1.29, 1.82) is 0 Å². The third-order valence-corrected chi connectivity index (χ3v) is 5.84. The van der Waals surface area contributed by atoms with Gasteiger partial charge in [0.15, 0.2) is 0 Å². The van der Waals surface area contributed by atoms with Gasteiger partial charge in [0, 0.05) is 23.1 Å². The zero-order chi connectivity index (χ0) is 20.1. The van der Waals surface area contributed by atoms with E-state index >= 15 is 0 Å². The van der Waals surface area contributed by atoms with Crippen molar-refractivity contribution < 1.29 is 14.3 Å². The summed E-state index contributed by atoms with van der Waals surface area (Å²) in [5, 5.41) is 2.82. The van der Waals surface area contributed by atoms with Gasteiger partial charge in [-0.05, 0) is 42.0 Å². The van der Waals surface area contributed by atoms with Crippen LogP contribution in [0.4, 0.5) is 0 Å². The third kappa shape index (κ3) is 5.01. The van der Waals surface area contributed by atoms with Crippen LogP contribution < -0.4 is 10.1 Å². The van der Waals surface area contributed by atoms with Crippen LogP contribution in [0.2, 0.25) is 0 Å². The molecule has 1 saturated heterocycles. The van der Waals surface area contributed by atoms with Crippen molar-refractivity contribution in [3.05, 3.63) is 69.0 Å². The van der Waals surface area contributed by atoms with Gasteiger partial charge in [0.1, 0.15) is 10.1 Å². The van der Waals surface area contributed by atoms with Crippen LogP contribution in [0.5, 0.6) is 5.75 Å². The quantitative estimate of drug-likeness (QED) is 0.502. The average molecular weight is 477 g/mol. The monoisotopic (exact) mass is 476 g/mol. The van der Waals surface area contributed by atoms with Crippen LogP contribution in [0.3, 0.4) is 0 Å². The molecule has 0 atom stereocenters. The highest BCUT2D eigenvalue weighted by Gasteiger charge is 2.31. The standard InChI is InChI=1S/C20H17BrN2O3S2/c1-26-16-7-2-4-13(10-16)11-17-19(25)23(20(27)28-17)9-8-22-18(24)14-5-3-6-15(21)12-14/h2-7,10-12H,8-9H2,1H3,(H,22,24)/b17-11+. The van der Waals surface area contributed by atoms with E-state index in [0.717, 1.165) is 15.8 Å². The molecule has 2 aromatic rings. The first-order chi connectivity index (χ1) is 13.5. The van der Waals surface area contributed by atoms with E-state index in [1.54, 1.807) is 31.4 Å². The SMILES string of the molecule is COc1cccc(/C=C2/SC(=S)N(CCNC(=O)c3cccc(Br)c3)C2=O)c1. The molecule has 0 radical (unpaired) electrons. The number of hydrogen-bond acceptors (Lipinski definition) is 5. The second kappa shape index (κ2) is 9.36. The van der Waals surface area contributed by atoms with Gasteiger partial charge in [-0.15, -0.1) is 0 Å². The summed E-state index contributed by atoms with van der Waals surface area (Å²) in [6, 6.07) is 14.6. The average Bonchev–Trinajstić information content (AvgIpc) is 2.95. The minimum atomic E-state index is -0.196. The zero-order valence-corrected chi connectivity index (χ0v) is 18.2. The molecule has 5 nitrogen and oxygen atoms in total. The summed E-state index contributed by atoms with van der Waals surface area (Å²) in [6.07, 6.45) is 1.79. The third-order valence-electron chi connectivity index (χ3n) is 3.97. The number of carbonyl (C=O) groups is 2. The molecule has 144 valence electrons. The molecule has 1 aliphatic rings. The van der Waals surface area contributed by atoms with Gasteiger partial charge >= 0.3 is 0 Å². The van der Waals surface area contributed by atoms with Crippen molar-refractivity contribution in [2.75, 3.05) is 20.2 Å². The highest BCUT2D eigenvalue weighted by Crippen LogP contribution is 2.32. The molecule has 0 spiro atoms. The lowest BCUT2D eigenvalue weighted by Crippen LogP contribution is -2.37. The highest BCUT2D eigenvalue weighted by molar-refractivity contribution is 9.10. The first kappa shape index (κ1) is 20.6. The molecule has 2 amide bonds. The fourth-order valence-corrected chi connectivity index (χ4v) is 4.30. The number of rotatable bonds is 6. The van der Waals surface area contributed by atoms with E-state index in [0.29, 0.717) is 27.9 Å². The fraction of sp³-hybridized carbons (Fsp3) is 0.150. The number of hydrogen-bond donors (Lipinski definition) is 1. The maximum Gasteiger partial charge on any atom is 0.266 e. The molecule has 1 aliphatic heterocycles. The number of nitrogens with one attached hydrogen (secondary N) is 1. The molecule has 0 aromatic heterocycles. The Labute approximate surface area is 181 Å². The van der Waals surface area contributed by atoms with Gasteiger partial charge in [0.05, 0.1) is 12.0 Å². The van der Waals surface area contributed by atoms with E-state index in [9.17, 15) is 9.59 Å². The number of amides is 2. The normalized spacial score (nSPS) is 15.2. The summed E-state index contributed by atoms with van der Waals surface area (Å²) in [4.78, 5) is 26.9. The maximum absolute atomic E-state index is 12.7. The smallest absolute Gasteiger partial charge is 0.266 e. The van der Waals surface area contributed by atoms with Crippen molar-refractivity contribution in [3.63, 3.8) is 0 Å². The number of thiocarbonyl (C=S) groups is 1. The lowest BCUT2D eigenvalue weighted by Gasteiger charge is -2.14. The van der Waals surface area contributed by atoms with Gasteiger partial charge < -0.3 is 10.1 Å².